The molecule has 0 bridgehead atoms. The van der Waals surface area contributed by atoms with Gasteiger partial charge in [0.05, 0.1) is 4.92 Å². The van der Waals surface area contributed by atoms with Crippen molar-refractivity contribution in [2.45, 2.75) is 45.1 Å². The third-order valence-electron chi connectivity index (χ3n) is 4.04. The van der Waals surface area contributed by atoms with Gasteiger partial charge < -0.3 is 5.32 Å². The lowest BCUT2D eigenvalue weighted by molar-refractivity contribution is -0.385. The summed E-state index contributed by atoms with van der Waals surface area (Å²) in [5.74, 6) is -0.0181. The van der Waals surface area contributed by atoms with Gasteiger partial charge in [-0.3, -0.25) is 14.9 Å². The van der Waals surface area contributed by atoms with Gasteiger partial charge in [-0.2, -0.15) is 0 Å². The Morgan fingerprint density at radius 3 is 2.90 bits per heavy atom. The van der Waals surface area contributed by atoms with Gasteiger partial charge >= 0.3 is 0 Å². The summed E-state index contributed by atoms with van der Waals surface area (Å²) in [5.41, 5.74) is -0.346. The standard InChI is InChI=1S/C14H18ClN3O3/c1-2-9-5-3-4-6-11(9)17-14(19)10-7-13(15)16-8-12(10)18(20)21/h7-9,11H,2-6H2,1H3,(H,17,19). The molecule has 0 spiro atoms. The summed E-state index contributed by atoms with van der Waals surface area (Å²) in [6.07, 6.45) is 6.25. The largest absolute Gasteiger partial charge is 0.349 e. The fourth-order valence-electron chi connectivity index (χ4n) is 2.88. The van der Waals surface area contributed by atoms with Crippen molar-refractivity contribution >= 4 is 23.2 Å². The first-order chi connectivity index (χ1) is 10.0. The summed E-state index contributed by atoms with van der Waals surface area (Å²) in [5, 5.41) is 14.0. The van der Waals surface area contributed by atoms with E-state index in [4.69, 9.17) is 11.6 Å². The molecular formula is C14H18ClN3O3. The molecule has 1 saturated carbocycles. The maximum Gasteiger partial charge on any atom is 0.300 e. The second-order valence-corrected chi connectivity index (χ2v) is 5.70. The Balaban J connectivity index is 2.19. The van der Waals surface area contributed by atoms with Crippen LogP contribution in [0.15, 0.2) is 12.3 Å². The highest BCUT2D eigenvalue weighted by Crippen LogP contribution is 2.28. The molecule has 0 aliphatic heterocycles. The van der Waals surface area contributed by atoms with Gasteiger partial charge in [0.1, 0.15) is 16.9 Å². The molecule has 2 rings (SSSR count). The molecular weight excluding hydrogens is 294 g/mol. The summed E-state index contributed by atoms with van der Waals surface area (Å²) in [6, 6.07) is 1.32. The Labute approximate surface area is 128 Å². The van der Waals surface area contributed by atoms with E-state index in [0.717, 1.165) is 31.9 Å². The fraction of sp³-hybridized carbons (Fsp3) is 0.571. The second-order valence-electron chi connectivity index (χ2n) is 5.31. The lowest BCUT2D eigenvalue weighted by atomic mass is 9.83. The highest BCUT2D eigenvalue weighted by atomic mass is 35.5. The molecule has 21 heavy (non-hydrogen) atoms. The van der Waals surface area contributed by atoms with Crippen LogP contribution in [0.4, 0.5) is 5.69 Å². The average Bonchev–Trinajstić information content (AvgIpc) is 2.47. The highest BCUT2D eigenvalue weighted by Gasteiger charge is 2.28. The smallest absolute Gasteiger partial charge is 0.300 e. The number of pyridine rings is 1. The number of carbonyl (C=O) groups is 1. The zero-order valence-electron chi connectivity index (χ0n) is 11.8. The molecule has 0 aromatic carbocycles. The minimum atomic E-state index is -0.615. The van der Waals surface area contributed by atoms with E-state index in [0.29, 0.717) is 5.92 Å². The van der Waals surface area contributed by atoms with Crippen molar-refractivity contribution < 1.29 is 9.72 Å². The van der Waals surface area contributed by atoms with Crippen molar-refractivity contribution in [2.75, 3.05) is 0 Å². The van der Waals surface area contributed by atoms with E-state index in [1.54, 1.807) is 0 Å². The molecule has 1 aromatic rings. The minimum Gasteiger partial charge on any atom is -0.349 e. The zero-order chi connectivity index (χ0) is 15.4. The molecule has 1 amide bonds. The Morgan fingerprint density at radius 1 is 1.52 bits per heavy atom. The number of nitrogens with one attached hydrogen (secondary N) is 1. The Bertz CT molecular complexity index is 550. The maximum absolute atomic E-state index is 12.3. The number of amides is 1. The minimum absolute atomic E-state index is 0.0274. The first kappa shape index (κ1) is 15.7. The first-order valence-electron chi connectivity index (χ1n) is 7.13. The first-order valence-corrected chi connectivity index (χ1v) is 7.51. The predicted molar refractivity (Wildman–Crippen MR) is 79.4 cm³/mol. The van der Waals surface area contributed by atoms with E-state index in [1.165, 1.54) is 12.5 Å². The number of rotatable bonds is 4. The number of hydrogen-bond acceptors (Lipinski definition) is 4. The van der Waals surface area contributed by atoms with E-state index in [9.17, 15) is 14.9 Å². The molecule has 1 aromatic heterocycles. The summed E-state index contributed by atoms with van der Waals surface area (Å²) in [6.45, 7) is 2.10. The Kier molecular flexibility index (Phi) is 5.12. The van der Waals surface area contributed by atoms with E-state index < -0.39 is 10.8 Å². The van der Waals surface area contributed by atoms with E-state index >= 15 is 0 Å². The van der Waals surface area contributed by atoms with Crippen LogP contribution >= 0.6 is 11.6 Å². The van der Waals surface area contributed by atoms with Crippen molar-refractivity contribution in [1.29, 1.82) is 0 Å². The maximum atomic E-state index is 12.3. The number of nitro groups is 1. The van der Waals surface area contributed by atoms with Gasteiger partial charge in [-0.05, 0) is 24.8 Å². The number of carbonyl (C=O) groups excluding carboxylic acids is 1. The van der Waals surface area contributed by atoms with Crippen LogP contribution in [0, 0.1) is 16.0 Å². The van der Waals surface area contributed by atoms with Crippen LogP contribution in [0.5, 0.6) is 0 Å². The lowest BCUT2D eigenvalue weighted by Gasteiger charge is -2.31. The Morgan fingerprint density at radius 2 is 2.24 bits per heavy atom. The van der Waals surface area contributed by atoms with Crippen molar-refractivity contribution in [3.05, 3.63) is 33.1 Å². The van der Waals surface area contributed by atoms with Gasteiger partial charge in [-0.15, -0.1) is 0 Å². The number of aromatic nitrogens is 1. The molecule has 2 unspecified atom stereocenters. The Hall–Kier alpha value is -1.69. The normalized spacial score (nSPS) is 21.8. The van der Waals surface area contributed by atoms with Crippen molar-refractivity contribution in [2.24, 2.45) is 5.92 Å². The van der Waals surface area contributed by atoms with E-state index in [2.05, 4.69) is 17.2 Å². The van der Waals surface area contributed by atoms with Crippen LogP contribution in [-0.4, -0.2) is 21.9 Å². The number of hydrogen-bond donors (Lipinski definition) is 1. The van der Waals surface area contributed by atoms with E-state index in [1.807, 2.05) is 0 Å². The molecule has 1 N–H and O–H groups in total. The molecule has 2 atom stereocenters. The molecule has 7 heteroatoms. The van der Waals surface area contributed by atoms with Crippen LogP contribution in [0.2, 0.25) is 5.15 Å². The average molecular weight is 312 g/mol. The summed E-state index contributed by atoms with van der Waals surface area (Å²) in [7, 11) is 0. The van der Waals surface area contributed by atoms with Crippen LogP contribution in [-0.2, 0) is 0 Å². The van der Waals surface area contributed by atoms with Gasteiger partial charge in [0, 0.05) is 6.04 Å². The SMILES string of the molecule is CCC1CCCCC1NC(=O)c1cc(Cl)ncc1[N+](=O)[O-]. The van der Waals surface area contributed by atoms with Gasteiger partial charge in [-0.1, -0.05) is 37.8 Å². The predicted octanol–water partition coefficient (Wildman–Crippen LogP) is 3.34. The van der Waals surface area contributed by atoms with Gasteiger partial charge in [0.25, 0.3) is 11.6 Å². The summed E-state index contributed by atoms with van der Waals surface area (Å²) < 4.78 is 0. The molecule has 0 radical (unpaired) electrons. The number of nitrogens with zero attached hydrogens (tertiary/aromatic N) is 2. The van der Waals surface area contributed by atoms with E-state index in [-0.39, 0.29) is 22.4 Å². The van der Waals surface area contributed by atoms with Crippen molar-refractivity contribution in [1.82, 2.24) is 10.3 Å². The molecule has 1 aliphatic carbocycles. The second kappa shape index (κ2) is 6.85. The highest BCUT2D eigenvalue weighted by molar-refractivity contribution is 6.29. The van der Waals surface area contributed by atoms with Gasteiger partial charge in [0.15, 0.2) is 0 Å². The van der Waals surface area contributed by atoms with Crippen molar-refractivity contribution in [3.63, 3.8) is 0 Å². The fourth-order valence-corrected chi connectivity index (χ4v) is 3.04. The van der Waals surface area contributed by atoms with Crippen molar-refractivity contribution in [3.8, 4) is 0 Å². The molecule has 1 aliphatic rings. The molecule has 0 saturated heterocycles. The quantitative estimate of drug-likeness (QED) is 0.525. The van der Waals surface area contributed by atoms with Gasteiger partial charge in [-0.25, -0.2) is 4.98 Å². The van der Waals surface area contributed by atoms with Crippen LogP contribution in [0.25, 0.3) is 0 Å². The third-order valence-corrected chi connectivity index (χ3v) is 4.25. The monoisotopic (exact) mass is 311 g/mol. The van der Waals surface area contributed by atoms with Crippen LogP contribution in [0.1, 0.15) is 49.4 Å². The zero-order valence-corrected chi connectivity index (χ0v) is 12.6. The summed E-state index contributed by atoms with van der Waals surface area (Å²) >= 11 is 5.75. The molecule has 1 fully saturated rings. The molecule has 114 valence electrons. The molecule has 1 heterocycles. The van der Waals surface area contributed by atoms with Crippen LogP contribution in [0.3, 0.4) is 0 Å². The third kappa shape index (κ3) is 3.69. The molecule has 6 nitrogen and oxygen atoms in total. The topological polar surface area (TPSA) is 85.1 Å². The van der Waals surface area contributed by atoms with Gasteiger partial charge in [0.2, 0.25) is 0 Å². The van der Waals surface area contributed by atoms with Crippen LogP contribution < -0.4 is 5.32 Å². The number of halogens is 1. The lowest BCUT2D eigenvalue weighted by Crippen LogP contribution is -2.42. The summed E-state index contributed by atoms with van der Waals surface area (Å²) in [4.78, 5) is 26.4.